The maximum atomic E-state index is 5.98. The molecule has 0 aliphatic carbocycles. The molecule has 3 nitrogen and oxygen atoms in total. The number of anilines is 1. The van der Waals surface area contributed by atoms with Gasteiger partial charge in [-0.2, -0.15) is 0 Å². The quantitative estimate of drug-likeness (QED) is 0.839. The molecule has 108 valence electrons. The molecule has 0 amide bonds. The maximum Gasteiger partial charge on any atom is 0.169 e. The second-order valence-corrected chi connectivity index (χ2v) is 5.52. The fraction of sp³-hybridized carbons (Fsp3) is 0.235. The lowest BCUT2D eigenvalue weighted by Gasteiger charge is -2.26. The molecule has 0 spiro atoms. The molecule has 1 aliphatic rings. The number of nitrogens with zero attached hydrogens (tertiary/aromatic N) is 2. The SMILES string of the molecule is Clc1ccc(N(Cc2ccccc2)CC2COC=N2)cc1. The summed E-state index contributed by atoms with van der Waals surface area (Å²) in [6.07, 6.45) is 1.55. The van der Waals surface area contributed by atoms with Gasteiger partial charge in [-0.25, -0.2) is 4.99 Å². The molecule has 0 bridgehead atoms. The Morgan fingerprint density at radius 3 is 2.52 bits per heavy atom. The van der Waals surface area contributed by atoms with Gasteiger partial charge < -0.3 is 9.64 Å². The predicted octanol–water partition coefficient (Wildman–Crippen LogP) is 3.77. The molecule has 0 fully saturated rings. The van der Waals surface area contributed by atoms with Crippen molar-refractivity contribution in [2.24, 2.45) is 4.99 Å². The molecular weight excluding hydrogens is 284 g/mol. The van der Waals surface area contributed by atoms with Crippen LogP contribution >= 0.6 is 11.6 Å². The van der Waals surface area contributed by atoms with Gasteiger partial charge in [0.25, 0.3) is 0 Å². The van der Waals surface area contributed by atoms with Crippen molar-refractivity contribution in [3.8, 4) is 0 Å². The summed E-state index contributed by atoms with van der Waals surface area (Å²) in [5.74, 6) is 0. The molecule has 1 heterocycles. The zero-order valence-corrected chi connectivity index (χ0v) is 12.4. The third-order valence-corrected chi connectivity index (χ3v) is 3.73. The summed E-state index contributed by atoms with van der Waals surface area (Å²) in [6, 6.07) is 18.5. The van der Waals surface area contributed by atoms with E-state index in [1.165, 1.54) is 5.56 Å². The van der Waals surface area contributed by atoms with E-state index in [-0.39, 0.29) is 6.04 Å². The van der Waals surface area contributed by atoms with E-state index in [2.05, 4.69) is 34.2 Å². The average molecular weight is 301 g/mol. The highest BCUT2D eigenvalue weighted by Gasteiger charge is 2.17. The number of hydrogen-bond acceptors (Lipinski definition) is 3. The number of benzene rings is 2. The van der Waals surface area contributed by atoms with E-state index in [0.29, 0.717) is 6.61 Å². The van der Waals surface area contributed by atoms with E-state index in [4.69, 9.17) is 16.3 Å². The highest BCUT2D eigenvalue weighted by molar-refractivity contribution is 6.30. The summed E-state index contributed by atoms with van der Waals surface area (Å²) in [6.45, 7) is 2.32. The Balaban J connectivity index is 1.79. The van der Waals surface area contributed by atoms with Crippen molar-refractivity contribution in [1.29, 1.82) is 0 Å². The number of halogens is 1. The first-order valence-electron chi connectivity index (χ1n) is 6.99. The summed E-state index contributed by atoms with van der Waals surface area (Å²) >= 11 is 5.98. The molecule has 1 unspecified atom stereocenters. The van der Waals surface area contributed by atoms with Gasteiger partial charge in [0.05, 0.1) is 0 Å². The Morgan fingerprint density at radius 1 is 1.10 bits per heavy atom. The third kappa shape index (κ3) is 3.76. The van der Waals surface area contributed by atoms with Crippen LogP contribution in [0.3, 0.4) is 0 Å². The van der Waals surface area contributed by atoms with Gasteiger partial charge in [-0.05, 0) is 29.8 Å². The first-order valence-corrected chi connectivity index (χ1v) is 7.37. The van der Waals surface area contributed by atoms with Crippen LogP contribution < -0.4 is 4.90 Å². The number of aliphatic imine (C=N–C) groups is 1. The minimum atomic E-state index is 0.185. The smallest absolute Gasteiger partial charge is 0.169 e. The fourth-order valence-electron chi connectivity index (χ4n) is 2.40. The second-order valence-electron chi connectivity index (χ2n) is 5.08. The van der Waals surface area contributed by atoms with Crippen molar-refractivity contribution in [2.75, 3.05) is 18.1 Å². The van der Waals surface area contributed by atoms with Crippen LogP contribution in [-0.2, 0) is 11.3 Å². The second kappa shape index (κ2) is 6.64. The van der Waals surface area contributed by atoms with Gasteiger partial charge in [0.15, 0.2) is 6.40 Å². The van der Waals surface area contributed by atoms with Gasteiger partial charge >= 0.3 is 0 Å². The molecule has 1 atom stereocenters. The van der Waals surface area contributed by atoms with E-state index in [0.717, 1.165) is 23.8 Å². The largest absolute Gasteiger partial charge is 0.481 e. The maximum absolute atomic E-state index is 5.98. The van der Waals surface area contributed by atoms with E-state index in [1.54, 1.807) is 6.40 Å². The lowest BCUT2D eigenvalue weighted by molar-refractivity contribution is 0.327. The molecule has 21 heavy (non-hydrogen) atoms. The molecule has 4 heteroatoms. The summed E-state index contributed by atoms with van der Waals surface area (Å²) < 4.78 is 5.22. The van der Waals surface area contributed by atoms with Crippen LogP contribution in [0.15, 0.2) is 59.6 Å². The molecule has 2 aromatic carbocycles. The molecular formula is C17H17ClN2O. The van der Waals surface area contributed by atoms with Gasteiger partial charge in [-0.1, -0.05) is 41.9 Å². The highest BCUT2D eigenvalue weighted by atomic mass is 35.5. The Kier molecular flexibility index (Phi) is 4.41. The van der Waals surface area contributed by atoms with Crippen LogP contribution in [0.2, 0.25) is 5.02 Å². The minimum absolute atomic E-state index is 0.185. The normalized spacial score (nSPS) is 16.7. The van der Waals surface area contributed by atoms with E-state index >= 15 is 0 Å². The summed E-state index contributed by atoms with van der Waals surface area (Å²) in [5, 5.41) is 0.751. The highest BCUT2D eigenvalue weighted by Crippen LogP contribution is 2.21. The van der Waals surface area contributed by atoms with Gasteiger partial charge in [-0.15, -0.1) is 0 Å². The van der Waals surface area contributed by atoms with Crippen LogP contribution in [0.25, 0.3) is 0 Å². The van der Waals surface area contributed by atoms with Crippen molar-refractivity contribution >= 4 is 23.7 Å². The van der Waals surface area contributed by atoms with Crippen molar-refractivity contribution in [3.63, 3.8) is 0 Å². The monoisotopic (exact) mass is 300 g/mol. The van der Waals surface area contributed by atoms with Crippen LogP contribution in [0.1, 0.15) is 5.56 Å². The molecule has 0 saturated carbocycles. The zero-order chi connectivity index (χ0) is 14.5. The number of rotatable bonds is 5. The Bertz CT molecular complexity index is 598. The van der Waals surface area contributed by atoms with Crippen LogP contribution in [-0.4, -0.2) is 25.6 Å². The minimum Gasteiger partial charge on any atom is -0.481 e. The lowest BCUT2D eigenvalue weighted by atomic mass is 10.1. The van der Waals surface area contributed by atoms with Crippen molar-refractivity contribution in [2.45, 2.75) is 12.6 Å². The predicted molar refractivity (Wildman–Crippen MR) is 87.2 cm³/mol. The topological polar surface area (TPSA) is 24.8 Å². The molecule has 0 aromatic heterocycles. The van der Waals surface area contributed by atoms with Gasteiger partial charge in [0.1, 0.15) is 12.6 Å². The van der Waals surface area contributed by atoms with Crippen molar-refractivity contribution < 1.29 is 4.74 Å². The Hall–Kier alpha value is -2.00. The number of ether oxygens (including phenoxy) is 1. The Morgan fingerprint density at radius 2 is 1.86 bits per heavy atom. The van der Waals surface area contributed by atoms with Gasteiger partial charge in [0.2, 0.25) is 0 Å². The van der Waals surface area contributed by atoms with Crippen LogP contribution in [0, 0.1) is 0 Å². The van der Waals surface area contributed by atoms with Crippen molar-refractivity contribution in [3.05, 3.63) is 65.2 Å². The number of hydrogen-bond donors (Lipinski definition) is 0. The summed E-state index contributed by atoms with van der Waals surface area (Å²) in [7, 11) is 0. The molecule has 1 aliphatic heterocycles. The molecule has 2 aromatic rings. The standard InChI is InChI=1S/C17H17ClN2O/c18-15-6-8-17(9-7-15)20(11-16-12-21-13-19-16)10-14-4-2-1-3-5-14/h1-9,13,16H,10-12H2. The first-order chi connectivity index (χ1) is 10.3. The average Bonchev–Trinajstić information content (AvgIpc) is 3.01. The first kappa shape index (κ1) is 14.0. The Labute approximate surface area is 129 Å². The van der Waals surface area contributed by atoms with E-state index < -0.39 is 0 Å². The third-order valence-electron chi connectivity index (χ3n) is 3.47. The summed E-state index contributed by atoms with van der Waals surface area (Å²) in [4.78, 5) is 6.65. The molecule has 0 N–H and O–H groups in total. The van der Waals surface area contributed by atoms with Gasteiger partial charge in [0, 0.05) is 23.8 Å². The van der Waals surface area contributed by atoms with Crippen molar-refractivity contribution in [1.82, 2.24) is 0 Å². The van der Waals surface area contributed by atoms with E-state index in [1.807, 2.05) is 30.3 Å². The van der Waals surface area contributed by atoms with Gasteiger partial charge in [-0.3, -0.25) is 0 Å². The molecule has 3 rings (SSSR count). The van der Waals surface area contributed by atoms with Crippen LogP contribution in [0.4, 0.5) is 5.69 Å². The molecule has 0 saturated heterocycles. The van der Waals surface area contributed by atoms with Crippen LogP contribution in [0.5, 0.6) is 0 Å². The lowest BCUT2D eigenvalue weighted by Crippen LogP contribution is -2.32. The molecule has 0 radical (unpaired) electrons. The fourth-order valence-corrected chi connectivity index (χ4v) is 2.52. The zero-order valence-electron chi connectivity index (χ0n) is 11.7. The summed E-state index contributed by atoms with van der Waals surface area (Å²) in [5.41, 5.74) is 2.42. The van der Waals surface area contributed by atoms with E-state index in [9.17, 15) is 0 Å².